The number of anilines is 1. The van der Waals surface area contributed by atoms with Crippen molar-refractivity contribution >= 4 is 23.1 Å². The van der Waals surface area contributed by atoms with Crippen LogP contribution in [0.2, 0.25) is 0 Å². The Bertz CT molecular complexity index is 944. The maximum Gasteiger partial charge on any atom is 0.508 e. The van der Waals surface area contributed by atoms with Gasteiger partial charge in [0.05, 0.1) is 19.0 Å². The van der Waals surface area contributed by atoms with Crippen LogP contribution in [0.1, 0.15) is 38.3 Å². The Labute approximate surface area is 183 Å². The Morgan fingerprint density at radius 3 is 2.81 bits per heavy atom. The topological polar surface area (TPSA) is 150 Å². The SMILES string of the molecule is O=C(OC[C@H]1OC(n2cnc3c(N[C@@H]4CCOC4)ncnc32)[C@H](O)[C@@H]1O)OC1CCCC1. The Hall–Kier alpha value is -2.54. The maximum atomic E-state index is 11.9. The highest BCUT2D eigenvalue weighted by atomic mass is 16.7. The molecule has 0 amide bonds. The molecule has 1 saturated carbocycles. The lowest BCUT2D eigenvalue weighted by molar-refractivity contribution is -0.0646. The largest absolute Gasteiger partial charge is 0.508 e. The minimum absolute atomic E-state index is 0.120. The van der Waals surface area contributed by atoms with Gasteiger partial charge < -0.3 is 34.5 Å². The van der Waals surface area contributed by atoms with E-state index in [0.29, 0.717) is 30.2 Å². The fourth-order valence-electron chi connectivity index (χ4n) is 4.41. The molecule has 3 aliphatic rings. The van der Waals surface area contributed by atoms with Crippen LogP contribution in [0.15, 0.2) is 12.7 Å². The van der Waals surface area contributed by atoms with E-state index >= 15 is 0 Å². The van der Waals surface area contributed by atoms with E-state index in [1.165, 1.54) is 17.2 Å². The van der Waals surface area contributed by atoms with E-state index < -0.39 is 30.7 Å². The van der Waals surface area contributed by atoms with Crippen LogP contribution in [0.4, 0.5) is 10.6 Å². The number of imidazole rings is 1. The van der Waals surface area contributed by atoms with Crippen LogP contribution >= 0.6 is 0 Å². The second-order valence-electron chi connectivity index (χ2n) is 8.38. The van der Waals surface area contributed by atoms with Gasteiger partial charge in [0.1, 0.15) is 37.4 Å². The van der Waals surface area contributed by atoms with Gasteiger partial charge in [0, 0.05) is 6.61 Å². The molecule has 0 radical (unpaired) electrons. The summed E-state index contributed by atoms with van der Waals surface area (Å²) in [7, 11) is 0. The minimum Gasteiger partial charge on any atom is -0.431 e. The Morgan fingerprint density at radius 1 is 1.19 bits per heavy atom. The number of carbonyl (C=O) groups is 1. The van der Waals surface area contributed by atoms with Crippen molar-refractivity contribution in [2.75, 3.05) is 25.1 Å². The summed E-state index contributed by atoms with van der Waals surface area (Å²) < 4.78 is 23.1. The first kappa shape index (κ1) is 21.3. The highest BCUT2D eigenvalue weighted by Crippen LogP contribution is 2.33. The molecule has 2 saturated heterocycles. The van der Waals surface area contributed by atoms with Gasteiger partial charge in [-0.3, -0.25) is 4.57 Å². The van der Waals surface area contributed by atoms with Crippen molar-refractivity contribution in [1.82, 2.24) is 19.5 Å². The molecule has 3 fully saturated rings. The Morgan fingerprint density at radius 2 is 2.03 bits per heavy atom. The summed E-state index contributed by atoms with van der Waals surface area (Å²) in [6.07, 6.45) is 2.17. The molecule has 4 heterocycles. The number of carbonyl (C=O) groups excluding carboxylic acids is 1. The van der Waals surface area contributed by atoms with E-state index in [4.69, 9.17) is 18.9 Å². The smallest absolute Gasteiger partial charge is 0.431 e. The number of aliphatic hydroxyl groups is 2. The first-order chi connectivity index (χ1) is 15.6. The van der Waals surface area contributed by atoms with Gasteiger partial charge in [-0.05, 0) is 32.1 Å². The lowest BCUT2D eigenvalue weighted by Crippen LogP contribution is -2.34. The molecule has 0 spiro atoms. The molecular formula is C20H27N5O7. The summed E-state index contributed by atoms with van der Waals surface area (Å²) in [6.45, 7) is 1.04. The van der Waals surface area contributed by atoms with Crippen LogP contribution in [0.25, 0.3) is 11.2 Å². The number of nitrogens with one attached hydrogen (secondary N) is 1. The number of hydrogen-bond donors (Lipinski definition) is 3. The molecule has 1 unspecified atom stereocenters. The fraction of sp³-hybridized carbons (Fsp3) is 0.700. The van der Waals surface area contributed by atoms with Gasteiger partial charge in [-0.25, -0.2) is 19.7 Å². The van der Waals surface area contributed by atoms with Crippen LogP contribution in [0.3, 0.4) is 0 Å². The maximum absolute atomic E-state index is 11.9. The van der Waals surface area contributed by atoms with Crippen molar-refractivity contribution < 1.29 is 34.0 Å². The summed E-state index contributed by atoms with van der Waals surface area (Å²) in [5.41, 5.74) is 0.962. The summed E-state index contributed by atoms with van der Waals surface area (Å²) >= 11 is 0. The van der Waals surface area contributed by atoms with Crippen molar-refractivity contribution in [3.63, 3.8) is 0 Å². The zero-order valence-corrected chi connectivity index (χ0v) is 17.5. The second-order valence-corrected chi connectivity index (χ2v) is 8.38. The normalized spacial score (nSPS) is 30.8. The monoisotopic (exact) mass is 449 g/mol. The van der Waals surface area contributed by atoms with Crippen LogP contribution in [-0.4, -0.2) is 86.2 Å². The molecule has 2 aromatic rings. The molecule has 0 bridgehead atoms. The van der Waals surface area contributed by atoms with E-state index in [2.05, 4.69) is 20.3 Å². The first-order valence-electron chi connectivity index (χ1n) is 11.0. The van der Waals surface area contributed by atoms with Crippen LogP contribution < -0.4 is 5.32 Å². The predicted molar refractivity (Wildman–Crippen MR) is 109 cm³/mol. The summed E-state index contributed by atoms with van der Waals surface area (Å²) in [6, 6.07) is 0.138. The lowest BCUT2D eigenvalue weighted by atomic mass is 10.1. The fourth-order valence-corrected chi connectivity index (χ4v) is 4.41. The van der Waals surface area contributed by atoms with Crippen LogP contribution in [0.5, 0.6) is 0 Å². The molecule has 12 heteroatoms. The highest BCUT2D eigenvalue weighted by Gasteiger charge is 2.45. The van der Waals surface area contributed by atoms with Gasteiger partial charge in [-0.2, -0.15) is 0 Å². The number of aliphatic hydroxyl groups excluding tert-OH is 2. The Balaban J connectivity index is 1.25. The molecule has 1 aliphatic carbocycles. The molecule has 32 heavy (non-hydrogen) atoms. The third-order valence-corrected chi connectivity index (χ3v) is 6.17. The number of rotatable bonds is 6. The van der Waals surface area contributed by atoms with Crippen LogP contribution in [0, 0.1) is 0 Å². The average Bonchev–Trinajstić information content (AvgIpc) is 3.58. The Kier molecular flexibility index (Phi) is 6.09. The molecule has 3 N–H and O–H groups in total. The molecule has 0 aromatic carbocycles. The van der Waals surface area contributed by atoms with E-state index in [9.17, 15) is 15.0 Å². The third-order valence-electron chi connectivity index (χ3n) is 6.17. The highest BCUT2D eigenvalue weighted by molar-refractivity contribution is 5.82. The molecule has 5 atom stereocenters. The van der Waals surface area contributed by atoms with E-state index in [0.717, 1.165) is 32.1 Å². The summed E-state index contributed by atoms with van der Waals surface area (Å²) in [5.74, 6) is 0.562. The molecular weight excluding hydrogens is 422 g/mol. The lowest BCUT2D eigenvalue weighted by Gasteiger charge is -2.17. The predicted octanol–water partition coefficient (Wildman–Crippen LogP) is 0.742. The van der Waals surface area contributed by atoms with Gasteiger partial charge in [0.15, 0.2) is 23.2 Å². The van der Waals surface area contributed by atoms with Crippen molar-refractivity contribution in [2.24, 2.45) is 0 Å². The number of fused-ring (bicyclic) bond motifs is 1. The van der Waals surface area contributed by atoms with Crippen molar-refractivity contribution in [3.05, 3.63) is 12.7 Å². The molecule has 5 rings (SSSR count). The minimum atomic E-state index is -1.26. The summed E-state index contributed by atoms with van der Waals surface area (Å²) in [5, 5.41) is 24.3. The van der Waals surface area contributed by atoms with E-state index in [1.807, 2.05) is 0 Å². The number of hydrogen-bond acceptors (Lipinski definition) is 11. The molecule has 12 nitrogen and oxygen atoms in total. The zero-order valence-electron chi connectivity index (χ0n) is 17.5. The number of aromatic nitrogens is 4. The first-order valence-corrected chi connectivity index (χ1v) is 11.0. The quantitative estimate of drug-likeness (QED) is 0.536. The number of nitrogens with zero attached hydrogens (tertiary/aromatic N) is 4. The number of ether oxygens (including phenoxy) is 4. The molecule has 174 valence electrons. The van der Waals surface area contributed by atoms with E-state index in [1.54, 1.807) is 0 Å². The van der Waals surface area contributed by atoms with Crippen molar-refractivity contribution in [3.8, 4) is 0 Å². The van der Waals surface area contributed by atoms with Crippen LogP contribution in [-0.2, 0) is 18.9 Å². The zero-order chi connectivity index (χ0) is 22.1. The van der Waals surface area contributed by atoms with Crippen molar-refractivity contribution in [2.45, 2.75) is 68.8 Å². The summed E-state index contributed by atoms with van der Waals surface area (Å²) in [4.78, 5) is 24.8. The average molecular weight is 449 g/mol. The van der Waals surface area contributed by atoms with Gasteiger partial charge in [-0.15, -0.1) is 0 Å². The van der Waals surface area contributed by atoms with Gasteiger partial charge in [0.25, 0.3) is 0 Å². The third kappa shape index (κ3) is 4.22. The second kappa shape index (κ2) is 9.14. The van der Waals surface area contributed by atoms with Gasteiger partial charge in [0.2, 0.25) is 0 Å². The van der Waals surface area contributed by atoms with Crippen molar-refractivity contribution in [1.29, 1.82) is 0 Å². The molecule has 2 aliphatic heterocycles. The van der Waals surface area contributed by atoms with E-state index in [-0.39, 0.29) is 18.8 Å². The molecule has 2 aromatic heterocycles. The standard InChI is InChI=1S/C20H27N5O7/c26-15-13(8-30-20(28)31-12-3-1-2-4-12)32-19(16(15)27)25-10-23-14-17(21-9-22-18(14)25)24-11-5-6-29-7-11/h9-13,15-16,19,26-27H,1-8H2,(H,21,22,24)/t11-,13-,15-,16-,19?/m1/s1. The van der Waals surface area contributed by atoms with Gasteiger partial charge >= 0.3 is 6.16 Å². The van der Waals surface area contributed by atoms with Gasteiger partial charge in [-0.1, -0.05) is 0 Å².